The minimum atomic E-state index is -0.248. The predicted molar refractivity (Wildman–Crippen MR) is 94.8 cm³/mol. The van der Waals surface area contributed by atoms with E-state index in [1.165, 1.54) is 11.8 Å². The summed E-state index contributed by atoms with van der Waals surface area (Å²) in [6.45, 7) is 1.76. The van der Waals surface area contributed by atoms with Crippen LogP contribution < -0.4 is 10.9 Å². The summed E-state index contributed by atoms with van der Waals surface area (Å²) in [5.74, 6) is -0.248. The Kier molecular flexibility index (Phi) is 6.10. The largest absolute Gasteiger partial charge is 0.325 e. The quantitative estimate of drug-likeness (QED) is 0.620. The van der Waals surface area contributed by atoms with E-state index in [1.807, 2.05) is 6.26 Å². The number of aryl methyl sites for hydroxylation is 1. The topological polar surface area (TPSA) is 74.8 Å². The minimum Gasteiger partial charge on any atom is -0.325 e. The fraction of sp³-hybridized carbons (Fsp3) is 0.267. The molecular weight excluding hydrogens is 357 g/mol. The molecule has 2 aromatic rings. The lowest BCUT2D eigenvalue weighted by molar-refractivity contribution is -0.116. The van der Waals surface area contributed by atoms with Gasteiger partial charge in [0.25, 0.3) is 5.56 Å². The molecule has 8 heteroatoms. The number of benzene rings is 1. The number of carbonyl (C=O) groups excluding carboxylic acids is 1. The van der Waals surface area contributed by atoms with Crippen LogP contribution in [0.25, 0.3) is 0 Å². The zero-order chi connectivity index (χ0) is 17.0. The van der Waals surface area contributed by atoms with E-state index in [4.69, 9.17) is 23.2 Å². The number of hydrogen-bond acceptors (Lipinski definition) is 4. The third kappa shape index (κ3) is 4.73. The Bertz CT molecular complexity index is 793. The Balaban J connectivity index is 2.05. The molecule has 2 rings (SSSR count). The normalized spacial score (nSPS) is 10.6. The number of rotatable bonds is 5. The SMILES string of the molecule is CSc1nc(C)c(CCC(=O)Nc2cc(Cl)ccc2Cl)c(=O)[nH]1. The highest BCUT2D eigenvalue weighted by Gasteiger charge is 2.12. The van der Waals surface area contributed by atoms with Gasteiger partial charge in [0.1, 0.15) is 0 Å². The molecule has 1 aromatic heterocycles. The van der Waals surface area contributed by atoms with Crippen LogP contribution in [-0.2, 0) is 11.2 Å². The number of amides is 1. The number of aromatic nitrogens is 2. The van der Waals surface area contributed by atoms with Crippen molar-refractivity contribution in [3.05, 3.63) is 49.9 Å². The average molecular weight is 372 g/mol. The third-order valence-electron chi connectivity index (χ3n) is 3.20. The number of aromatic amines is 1. The molecule has 0 fully saturated rings. The first-order valence-corrected chi connectivity index (χ1v) is 8.77. The predicted octanol–water partition coefficient (Wildman–Crippen LogP) is 3.68. The lowest BCUT2D eigenvalue weighted by Crippen LogP contribution is -2.20. The van der Waals surface area contributed by atoms with Crippen LogP contribution in [0.1, 0.15) is 17.7 Å². The van der Waals surface area contributed by atoms with E-state index in [0.29, 0.717) is 38.6 Å². The van der Waals surface area contributed by atoms with E-state index in [9.17, 15) is 9.59 Å². The number of hydrogen-bond donors (Lipinski definition) is 2. The van der Waals surface area contributed by atoms with Gasteiger partial charge in [-0.3, -0.25) is 9.59 Å². The van der Waals surface area contributed by atoms with Crippen molar-refractivity contribution in [3.63, 3.8) is 0 Å². The molecule has 23 heavy (non-hydrogen) atoms. The van der Waals surface area contributed by atoms with Gasteiger partial charge < -0.3 is 10.3 Å². The van der Waals surface area contributed by atoms with Gasteiger partial charge in [-0.15, -0.1) is 0 Å². The Morgan fingerprint density at radius 3 is 2.78 bits per heavy atom. The molecule has 1 heterocycles. The van der Waals surface area contributed by atoms with E-state index in [2.05, 4.69) is 15.3 Å². The number of thioether (sulfide) groups is 1. The lowest BCUT2D eigenvalue weighted by Gasteiger charge is -2.09. The molecule has 1 amide bonds. The molecule has 122 valence electrons. The van der Waals surface area contributed by atoms with Crippen molar-refractivity contribution in [1.82, 2.24) is 9.97 Å². The minimum absolute atomic E-state index is 0.146. The van der Waals surface area contributed by atoms with Crippen molar-refractivity contribution in [2.45, 2.75) is 24.9 Å². The van der Waals surface area contributed by atoms with Crippen LogP contribution in [0.3, 0.4) is 0 Å². The van der Waals surface area contributed by atoms with Gasteiger partial charge in [0.2, 0.25) is 5.91 Å². The van der Waals surface area contributed by atoms with Gasteiger partial charge in [-0.2, -0.15) is 0 Å². The van der Waals surface area contributed by atoms with Crippen molar-refractivity contribution in [1.29, 1.82) is 0 Å². The second-order valence-corrected chi connectivity index (χ2v) is 6.45. The van der Waals surface area contributed by atoms with Crippen molar-refractivity contribution in [2.75, 3.05) is 11.6 Å². The van der Waals surface area contributed by atoms with Gasteiger partial charge in [-0.1, -0.05) is 35.0 Å². The van der Waals surface area contributed by atoms with Crippen molar-refractivity contribution in [2.24, 2.45) is 0 Å². The van der Waals surface area contributed by atoms with Crippen molar-refractivity contribution >= 4 is 46.6 Å². The van der Waals surface area contributed by atoms with Crippen LogP contribution >= 0.6 is 35.0 Å². The molecule has 0 bridgehead atoms. The smallest absolute Gasteiger partial charge is 0.254 e. The molecule has 0 unspecified atom stereocenters. The number of halogens is 2. The van der Waals surface area contributed by atoms with E-state index in [-0.39, 0.29) is 17.9 Å². The maximum Gasteiger partial charge on any atom is 0.254 e. The highest BCUT2D eigenvalue weighted by molar-refractivity contribution is 7.98. The molecule has 0 atom stereocenters. The lowest BCUT2D eigenvalue weighted by atomic mass is 10.1. The van der Waals surface area contributed by atoms with Gasteiger partial charge in [-0.05, 0) is 37.8 Å². The Hall–Kier alpha value is -1.50. The van der Waals surface area contributed by atoms with E-state index < -0.39 is 0 Å². The summed E-state index contributed by atoms with van der Waals surface area (Å²) in [5, 5.41) is 4.14. The molecule has 0 aliphatic carbocycles. The fourth-order valence-corrected chi connectivity index (χ4v) is 2.78. The number of carbonyl (C=O) groups is 1. The van der Waals surface area contributed by atoms with Gasteiger partial charge in [0.05, 0.1) is 10.7 Å². The summed E-state index contributed by atoms with van der Waals surface area (Å²) in [6.07, 6.45) is 2.28. The first-order valence-electron chi connectivity index (χ1n) is 6.79. The van der Waals surface area contributed by atoms with E-state index >= 15 is 0 Å². The van der Waals surface area contributed by atoms with Crippen molar-refractivity contribution in [3.8, 4) is 0 Å². The number of H-pyrrole nitrogens is 1. The zero-order valence-corrected chi connectivity index (χ0v) is 14.9. The molecular formula is C15H15Cl2N3O2S. The summed E-state index contributed by atoms with van der Waals surface area (Å²) in [4.78, 5) is 31.0. The maximum absolute atomic E-state index is 12.0. The van der Waals surface area contributed by atoms with Crippen LogP contribution in [0.5, 0.6) is 0 Å². The molecule has 0 spiro atoms. The average Bonchev–Trinajstić information content (AvgIpc) is 2.49. The summed E-state index contributed by atoms with van der Waals surface area (Å²) >= 11 is 13.2. The van der Waals surface area contributed by atoms with Gasteiger partial charge >= 0.3 is 0 Å². The molecule has 5 nitrogen and oxygen atoms in total. The molecule has 0 saturated heterocycles. The fourth-order valence-electron chi connectivity index (χ4n) is 2.02. The van der Waals surface area contributed by atoms with Crippen LogP contribution in [0.15, 0.2) is 28.2 Å². The monoisotopic (exact) mass is 371 g/mol. The van der Waals surface area contributed by atoms with Crippen LogP contribution in [0, 0.1) is 6.92 Å². The Morgan fingerprint density at radius 1 is 1.39 bits per heavy atom. The molecule has 0 saturated carbocycles. The highest BCUT2D eigenvalue weighted by Crippen LogP contribution is 2.25. The van der Waals surface area contributed by atoms with Gasteiger partial charge in [0.15, 0.2) is 5.16 Å². The molecule has 0 radical (unpaired) electrons. The van der Waals surface area contributed by atoms with Crippen LogP contribution in [-0.4, -0.2) is 22.1 Å². The van der Waals surface area contributed by atoms with Gasteiger partial charge in [0, 0.05) is 22.7 Å². The van der Waals surface area contributed by atoms with E-state index in [0.717, 1.165) is 0 Å². The van der Waals surface area contributed by atoms with Crippen LogP contribution in [0.2, 0.25) is 10.0 Å². The Labute approximate surface area is 147 Å². The second-order valence-electron chi connectivity index (χ2n) is 4.81. The first-order chi connectivity index (χ1) is 10.9. The Morgan fingerprint density at radius 2 is 2.13 bits per heavy atom. The van der Waals surface area contributed by atoms with Crippen LogP contribution in [0.4, 0.5) is 5.69 Å². The third-order valence-corrected chi connectivity index (χ3v) is 4.34. The van der Waals surface area contributed by atoms with Crippen molar-refractivity contribution < 1.29 is 4.79 Å². The number of anilines is 1. The van der Waals surface area contributed by atoms with Gasteiger partial charge in [-0.25, -0.2) is 4.98 Å². The summed E-state index contributed by atoms with van der Waals surface area (Å²) in [5.41, 5.74) is 1.38. The standard InChI is InChI=1S/C15H15Cl2N3O2S/c1-8-10(14(22)20-15(18-8)23-2)4-6-13(21)19-12-7-9(16)3-5-11(12)17/h3,5,7H,4,6H2,1-2H3,(H,19,21)(H,18,20,22). The summed E-state index contributed by atoms with van der Waals surface area (Å²) in [7, 11) is 0. The highest BCUT2D eigenvalue weighted by atomic mass is 35.5. The summed E-state index contributed by atoms with van der Waals surface area (Å²) in [6, 6.07) is 4.83. The number of nitrogens with one attached hydrogen (secondary N) is 2. The molecule has 1 aromatic carbocycles. The van der Waals surface area contributed by atoms with E-state index in [1.54, 1.807) is 25.1 Å². The first kappa shape index (κ1) is 17.8. The molecule has 2 N–H and O–H groups in total. The molecule has 0 aliphatic heterocycles. The summed E-state index contributed by atoms with van der Waals surface area (Å²) < 4.78 is 0. The maximum atomic E-state index is 12.0. The molecule has 0 aliphatic rings. The second kappa shape index (κ2) is 7.86. The zero-order valence-electron chi connectivity index (χ0n) is 12.6. The number of nitrogens with zero attached hydrogens (tertiary/aromatic N) is 1.